The van der Waals surface area contributed by atoms with Crippen molar-refractivity contribution in [2.24, 2.45) is 0 Å². The van der Waals surface area contributed by atoms with Gasteiger partial charge in [-0.3, -0.25) is 0 Å². The van der Waals surface area contributed by atoms with Gasteiger partial charge in [0.15, 0.2) is 0 Å². The minimum absolute atomic E-state index is 0.353. The van der Waals surface area contributed by atoms with Gasteiger partial charge in [0.2, 0.25) is 0 Å². The fourth-order valence-corrected chi connectivity index (χ4v) is 6.12. The topological polar surface area (TPSA) is 44.8 Å². The van der Waals surface area contributed by atoms with Crippen LogP contribution in [0.15, 0.2) is 18.2 Å². The summed E-state index contributed by atoms with van der Waals surface area (Å²) in [6.45, 7) is 5.90. The number of ether oxygens (including phenoxy) is 3. The summed E-state index contributed by atoms with van der Waals surface area (Å²) >= 11 is 0. The van der Waals surface area contributed by atoms with E-state index in [4.69, 9.17) is 14.2 Å². The molecule has 0 bridgehead atoms. The molecule has 0 aliphatic rings. The summed E-state index contributed by atoms with van der Waals surface area (Å²) < 4.78 is 17.0. The molecule has 1 aromatic rings. The highest BCUT2D eigenvalue weighted by atomic mass is 16.5. The van der Waals surface area contributed by atoms with Crippen LogP contribution in [-0.2, 0) is 4.74 Å². The first kappa shape index (κ1) is 41.3. The van der Waals surface area contributed by atoms with E-state index in [1.54, 1.807) is 12.1 Å². The van der Waals surface area contributed by atoms with E-state index < -0.39 is 0 Å². The lowest BCUT2D eigenvalue weighted by Crippen LogP contribution is -2.05. The molecule has 0 atom stereocenters. The Bertz CT molecular complexity index is 777. The molecule has 0 unspecified atom stereocenters. The molecule has 0 N–H and O–H groups in total. The van der Waals surface area contributed by atoms with Crippen molar-refractivity contribution in [1.82, 2.24) is 0 Å². The molecule has 0 fully saturated rings. The molecule has 1 rings (SSSR count). The highest BCUT2D eigenvalue weighted by Gasteiger charge is 2.11. The largest absolute Gasteiger partial charge is 0.493 e. The van der Waals surface area contributed by atoms with Crippen LogP contribution in [0.4, 0.5) is 0 Å². The maximum Gasteiger partial charge on any atom is 0.338 e. The highest BCUT2D eigenvalue weighted by molar-refractivity contribution is 5.90. The molecule has 0 saturated heterocycles. The Balaban J connectivity index is 2.09. The SMILES string of the molecule is CCCCCCCCCCCCCCCCCCOc1cc(OCCCCCCCCCCCCCCC)cc(C(=O)OC)c1. The molecule has 0 spiro atoms. The second-order valence-corrected chi connectivity index (χ2v) is 13.4. The monoisotopic (exact) mass is 631 g/mol. The van der Waals surface area contributed by atoms with Gasteiger partial charge < -0.3 is 14.2 Å². The molecule has 4 heteroatoms. The van der Waals surface area contributed by atoms with Gasteiger partial charge in [-0.2, -0.15) is 0 Å². The second kappa shape index (κ2) is 32.2. The zero-order chi connectivity index (χ0) is 32.5. The average molecular weight is 631 g/mol. The molecule has 4 nitrogen and oxygen atoms in total. The third kappa shape index (κ3) is 26.1. The standard InChI is InChI=1S/C41H74O4/c1-4-6-8-10-12-14-16-18-19-20-22-24-26-28-30-32-34-45-40-36-38(41(42)43-3)35-39(37-40)44-33-31-29-27-25-23-21-17-15-13-11-9-7-5-2/h35-37H,4-34H2,1-3H3. The van der Waals surface area contributed by atoms with Crippen molar-refractivity contribution >= 4 is 5.97 Å². The van der Waals surface area contributed by atoms with Gasteiger partial charge in [0.05, 0.1) is 25.9 Å². The van der Waals surface area contributed by atoms with E-state index in [1.165, 1.54) is 180 Å². The molecule has 1 aromatic carbocycles. The third-order valence-corrected chi connectivity index (χ3v) is 9.08. The van der Waals surface area contributed by atoms with E-state index in [9.17, 15) is 4.79 Å². The predicted octanol–water partition coefficient (Wildman–Crippen LogP) is 13.6. The van der Waals surface area contributed by atoms with E-state index in [-0.39, 0.29) is 5.97 Å². The van der Waals surface area contributed by atoms with Gasteiger partial charge in [0.1, 0.15) is 11.5 Å². The summed E-state index contributed by atoms with van der Waals surface area (Å²) in [5, 5.41) is 0. The van der Waals surface area contributed by atoms with Crippen LogP contribution >= 0.6 is 0 Å². The van der Waals surface area contributed by atoms with Crippen LogP contribution in [0.5, 0.6) is 11.5 Å². The molecule has 0 aliphatic heterocycles. The lowest BCUT2D eigenvalue weighted by molar-refractivity contribution is 0.0599. The molecule has 0 saturated carbocycles. The number of hydrogen-bond donors (Lipinski definition) is 0. The molecule has 0 aliphatic carbocycles. The van der Waals surface area contributed by atoms with Crippen LogP contribution < -0.4 is 9.47 Å². The van der Waals surface area contributed by atoms with Gasteiger partial charge in [-0.15, -0.1) is 0 Å². The van der Waals surface area contributed by atoms with Crippen molar-refractivity contribution < 1.29 is 19.0 Å². The first-order chi connectivity index (χ1) is 22.2. The molecular formula is C41H74O4. The van der Waals surface area contributed by atoms with Crippen molar-refractivity contribution in [2.75, 3.05) is 20.3 Å². The summed E-state index contributed by atoms with van der Waals surface area (Å²) in [5.41, 5.74) is 0.488. The molecule has 0 heterocycles. The fourth-order valence-electron chi connectivity index (χ4n) is 6.12. The molecule has 45 heavy (non-hydrogen) atoms. The van der Waals surface area contributed by atoms with Crippen LogP contribution in [0.3, 0.4) is 0 Å². The highest BCUT2D eigenvalue weighted by Crippen LogP contribution is 2.25. The predicted molar refractivity (Wildman–Crippen MR) is 194 cm³/mol. The van der Waals surface area contributed by atoms with E-state index >= 15 is 0 Å². The number of carbonyl (C=O) groups excluding carboxylic acids is 1. The number of unbranched alkanes of at least 4 members (excludes halogenated alkanes) is 27. The Labute approximate surface area is 280 Å². The Morgan fingerprint density at radius 1 is 0.422 bits per heavy atom. The van der Waals surface area contributed by atoms with Crippen LogP contribution in [0.2, 0.25) is 0 Å². The maximum absolute atomic E-state index is 12.2. The zero-order valence-corrected chi connectivity index (χ0v) is 30.3. The number of hydrogen-bond acceptors (Lipinski definition) is 4. The Morgan fingerprint density at radius 2 is 0.689 bits per heavy atom. The third-order valence-electron chi connectivity index (χ3n) is 9.08. The maximum atomic E-state index is 12.2. The van der Waals surface area contributed by atoms with Crippen molar-refractivity contribution in [1.29, 1.82) is 0 Å². The van der Waals surface area contributed by atoms with Crippen molar-refractivity contribution in [3.63, 3.8) is 0 Å². The van der Waals surface area contributed by atoms with Crippen LogP contribution in [0, 0.1) is 0 Å². The Morgan fingerprint density at radius 3 is 0.956 bits per heavy atom. The lowest BCUT2D eigenvalue weighted by Gasteiger charge is -2.12. The van der Waals surface area contributed by atoms with Gasteiger partial charge in [-0.25, -0.2) is 4.79 Å². The van der Waals surface area contributed by atoms with Gasteiger partial charge in [-0.05, 0) is 25.0 Å². The van der Waals surface area contributed by atoms with Gasteiger partial charge in [0, 0.05) is 6.07 Å². The van der Waals surface area contributed by atoms with Crippen molar-refractivity contribution in [3.05, 3.63) is 23.8 Å². The molecule has 0 amide bonds. The van der Waals surface area contributed by atoms with E-state index in [0.29, 0.717) is 30.3 Å². The summed E-state index contributed by atoms with van der Waals surface area (Å²) in [6.07, 6.45) is 39.1. The van der Waals surface area contributed by atoms with Crippen LogP contribution in [0.25, 0.3) is 0 Å². The summed E-state index contributed by atoms with van der Waals surface area (Å²) in [4.78, 5) is 12.2. The minimum Gasteiger partial charge on any atom is -0.493 e. The molecule has 0 radical (unpaired) electrons. The molecular weight excluding hydrogens is 556 g/mol. The Hall–Kier alpha value is -1.71. The lowest BCUT2D eigenvalue weighted by atomic mass is 10.0. The van der Waals surface area contributed by atoms with E-state index in [0.717, 1.165) is 12.8 Å². The number of rotatable bonds is 34. The second-order valence-electron chi connectivity index (χ2n) is 13.4. The molecule has 0 aromatic heterocycles. The fraction of sp³-hybridized carbons (Fsp3) is 0.829. The smallest absolute Gasteiger partial charge is 0.338 e. The number of benzene rings is 1. The van der Waals surface area contributed by atoms with E-state index in [1.807, 2.05) is 6.07 Å². The van der Waals surface area contributed by atoms with Crippen LogP contribution in [0.1, 0.15) is 210 Å². The number of carbonyl (C=O) groups is 1. The minimum atomic E-state index is -0.353. The number of methoxy groups -OCH3 is 1. The first-order valence-electron chi connectivity index (χ1n) is 19.7. The van der Waals surface area contributed by atoms with Gasteiger partial charge >= 0.3 is 5.97 Å². The number of esters is 1. The van der Waals surface area contributed by atoms with Gasteiger partial charge in [-0.1, -0.05) is 187 Å². The Kier molecular flexibility index (Phi) is 29.6. The van der Waals surface area contributed by atoms with Gasteiger partial charge in [0.25, 0.3) is 0 Å². The summed E-state index contributed by atoms with van der Waals surface area (Å²) in [6, 6.07) is 5.47. The van der Waals surface area contributed by atoms with Crippen molar-refractivity contribution in [3.8, 4) is 11.5 Å². The van der Waals surface area contributed by atoms with Crippen molar-refractivity contribution in [2.45, 2.75) is 200 Å². The van der Waals surface area contributed by atoms with E-state index in [2.05, 4.69) is 13.8 Å². The quantitative estimate of drug-likeness (QED) is 0.0561. The van der Waals surface area contributed by atoms with Crippen LogP contribution in [-0.4, -0.2) is 26.3 Å². The normalized spacial score (nSPS) is 11.2. The molecule has 262 valence electrons. The summed E-state index contributed by atoms with van der Waals surface area (Å²) in [5.74, 6) is 1.03. The first-order valence-corrected chi connectivity index (χ1v) is 19.7. The average Bonchev–Trinajstić information content (AvgIpc) is 3.05. The summed E-state index contributed by atoms with van der Waals surface area (Å²) in [7, 11) is 1.42. The zero-order valence-electron chi connectivity index (χ0n) is 30.3.